The number of carboxylic acids is 1. The fraction of sp³-hybridized carbons (Fsp3) is 0.643. The van der Waals surface area contributed by atoms with Crippen molar-refractivity contribution < 1.29 is 14.7 Å². The first-order chi connectivity index (χ1) is 15.8. The molecule has 0 spiro atoms. The molecule has 4 aliphatic carbocycles. The molecule has 184 valence electrons. The fourth-order valence-corrected chi connectivity index (χ4v) is 7.28. The summed E-state index contributed by atoms with van der Waals surface area (Å²) in [4.78, 5) is 26.8. The number of hydrogen-bond donors (Lipinski definition) is 2. The molecule has 1 heterocycles. The first kappa shape index (κ1) is 23.7. The van der Waals surface area contributed by atoms with Crippen molar-refractivity contribution in [2.24, 2.45) is 22.7 Å². The van der Waals surface area contributed by atoms with Gasteiger partial charge in [0.05, 0.1) is 16.5 Å². The third-order valence-corrected chi connectivity index (χ3v) is 9.74. The lowest BCUT2D eigenvalue weighted by atomic mass is 9.38. The number of carbonyl (C=O) groups is 2. The average molecular weight is 485 g/mol. The zero-order valence-corrected chi connectivity index (χ0v) is 21.9. The van der Waals surface area contributed by atoms with Crippen LogP contribution in [0, 0.1) is 22.7 Å². The van der Waals surface area contributed by atoms with Crippen LogP contribution >= 0.6 is 11.6 Å². The van der Waals surface area contributed by atoms with Crippen molar-refractivity contribution in [2.45, 2.75) is 90.6 Å². The summed E-state index contributed by atoms with van der Waals surface area (Å²) in [6.45, 7) is 13.3. The summed E-state index contributed by atoms with van der Waals surface area (Å²) in [5.74, 6) is 0.663. The Balaban J connectivity index is 1.46. The lowest BCUT2D eigenvalue weighted by molar-refractivity contribution is -0.215. The van der Waals surface area contributed by atoms with Crippen molar-refractivity contribution in [3.8, 4) is 0 Å². The van der Waals surface area contributed by atoms with E-state index < -0.39 is 16.9 Å². The van der Waals surface area contributed by atoms with Gasteiger partial charge < -0.3 is 10.4 Å². The Morgan fingerprint density at radius 3 is 2.44 bits per heavy atom. The van der Waals surface area contributed by atoms with Crippen molar-refractivity contribution in [1.29, 1.82) is 0 Å². The van der Waals surface area contributed by atoms with Gasteiger partial charge in [-0.3, -0.25) is 9.69 Å². The Labute approximate surface area is 207 Å². The normalized spacial score (nSPS) is 37.2. The zero-order chi connectivity index (χ0) is 24.8. The molecule has 5 aliphatic rings. The van der Waals surface area contributed by atoms with Gasteiger partial charge in [0.2, 0.25) is 0 Å². The largest absolute Gasteiger partial charge is 0.481 e. The van der Waals surface area contributed by atoms with E-state index in [1.165, 1.54) is 12.0 Å². The second-order valence-corrected chi connectivity index (χ2v) is 13.1. The molecule has 1 aromatic carbocycles. The first-order valence-corrected chi connectivity index (χ1v) is 13.0. The van der Waals surface area contributed by atoms with Gasteiger partial charge in [-0.05, 0) is 85.0 Å². The van der Waals surface area contributed by atoms with Crippen molar-refractivity contribution in [3.05, 3.63) is 46.1 Å². The van der Waals surface area contributed by atoms with Crippen molar-refractivity contribution in [1.82, 2.24) is 10.2 Å². The smallest absolute Gasteiger partial charge is 0.322 e. The van der Waals surface area contributed by atoms with Gasteiger partial charge in [-0.15, -0.1) is 0 Å². The van der Waals surface area contributed by atoms with Gasteiger partial charge >= 0.3 is 12.0 Å². The molecular formula is C28H37ClN2O3. The Morgan fingerprint density at radius 1 is 1.29 bits per heavy atom. The number of rotatable bonds is 6. The van der Waals surface area contributed by atoms with Crippen LogP contribution in [0.1, 0.15) is 90.7 Å². The van der Waals surface area contributed by atoms with Gasteiger partial charge in [0, 0.05) is 11.2 Å². The van der Waals surface area contributed by atoms with Gasteiger partial charge in [0.15, 0.2) is 0 Å². The Bertz CT molecular complexity index is 1080. The van der Waals surface area contributed by atoms with Gasteiger partial charge in [-0.25, -0.2) is 4.79 Å². The van der Waals surface area contributed by atoms with E-state index in [2.05, 4.69) is 59.0 Å². The van der Waals surface area contributed by atoms with E-state index in [9.17, 15) is 14.7 Å². The lowest BCUT2D eigenvalue weighted by Gasteiger charge is -2.71. The molecule has 4 fully saturated rings. The SMILES string of the molecule is CC[C@H](C)C1=CN(C23CC(C(=O)O)(C2)C3)C(=O)NC1(C)c1ccc([C@@H]2C[C@H]2C(C)(C)C)c(Cl)c1. The number of amides is 2. The maximum absolute atomic E-state index is 13.4. The van der Waals surface area contributed by atoms with Gasteiger partial charge in [0.25, 0.3) is 0 Å². The van der Waals surface area contributed by atoms with Crippen LogP contribution in [0.3, 0.4) is 0 Å². The average Bonchev–Trinajstić information content (AvgIpc) is 3.47. The molecule has 0 aromatic heterocycles. The summed E-state index contributed by atoms with van der Waals surface area (Å²) in [5.41, 5.74) is 1.98. The molecule has 34 heavy (non-hydrogen) atoms. The molecule has 0 radical (unpaired) electrons. The Kier molecular flexibility index (Phi) is 5.06. The van der Waals surface area contributed by atoms with Crippen LogP contribution in [-0.2, 0) is 10.3 Å². The highest BCUT2D eigenvalue weighted by molar-refractivity contribution is 6.31. The summed E-state index contributed by atoms with van der Waals surface area (Å²) in [5, 5.41) is 13.6. The van der Waals surface area contributed by atoms with Crippen LogP contribution in [0.15, 0.2) is 30.0 Å². The first-order valence-electron chi connectivity index (χ1n) is 12.6. The summed E-state index contributed by atoms with van der Waals surface area (Å²) in [6, 6.07) is 6.18. The predicted molar refractivity (Wildman–Crippen MR) is 134 cm³/mol. The fourth-order valence-electron chi connectivity index (χ4n) is 6.96. The van der Waals surface area contributed by atoms with E-state index in [1.807, 2.05) is 12.3 Å². The molecule has 1 aromatic rings. The Morgan fingerprint density at radius 2 is 1.94 bits per heavy atom. The van der Waals surface area contributed by atoms with E-state index in [1.54, 1.807) is 4.90 Å². The maximum Gasteiger partial charge on any atom is 0.322 e. The van der Waals surface area contributed by atoms with E-state index in [-0.39, 0.29) is 22.9 Å². The predicted octanol–water partition coefficient (Wildman–Crippen LogP) is 6.67. The number of nitrogens with one attached hydrogen (secondary N) is 1. The third kappa shape index (κ3) is 3.26. The van der Waals surface area contributed by atoms with E-state index in [0.29, 0.717) is 31.1 Å². The minimum atomic E-state index is -0.734. The quantitative estimate of drug-likeness (QED) is 0.473. The second kappa shape index (κ2) is 7.25. The van der Waals surface area contributed by atoms with Crippen LogP contribution in [0.4, 0.5) is 4.79 Å². The molecule has 2 bridgehead atoms. The monoisotopic (exact) mass is 484 g/mol. The maximum atomic E-state index is 13.4. The number of hydrogen-bond acceptors (Lipinski definition) is 2. The number of halogens is 1. The number of carbonyl (C=O) groups excluding carboxylic acids is 1. The van der Waals surface area contributed by atoms with Crippen molar-refractivity contribution in [3.63, 3.8) is 0 Å². The molecule has 5 nitrogen and oxygen atoms in total. The molecule has 0 saturated heterocycles. The van der Waals surface area contributed by atoms with Gasteiger partial charge in [0.1, 0.15) is 0 Å². The molecule has 2 amide bonds. The van der Waals surface area contributed by atoms with Gasteiger partial charge in [-0.2, -0.15) is 0 Å². The number of urea groups is 1. The molecule has 6 heteroatoms. The molecule has 6 rings (SSSR count). The summed E-state index contributed by atoms with van der Waals surface area (Å²) >= 11 is 6.84. The number of aliphatic carboxylic acids is 1. The standard InChI is InChI=1S/C28H37ClN2O3/c1-7-16(2)21-12-31(28-13-27(14-28,15-28)23(32)33)24(34)30-26(21,6)17-8-9-18(22(29)10-17)19-11-20(19)25(3,4)5/h8-10,12,16,19-20H,7,11,13-15H2,1-6H3,(H,30,34)(H,32,33)/t16-,19-,20+,26?,27?,28?/m0/s1. The molecular weight excluding hydrogens is 448 g/mol. The summed E-state index contributed by atoms with van der Waals surface area (Å²) < 4.78 is 0. The minimum Gasteiger partial charge on any atom is -0.481 e. The third-order valence-electron chi connectivity index (χ3n) is 9.41. The topological polar surface area (TPSA) is 69.6 Å². The van der Waals surface area contributed by atoms with Crippen LogP contribution in [-0.4, -0.2) is 27.5 Å². The number of carboxylic acid groups (broad SMARTS) is 1. The van der Waals surface area contributed by atoms with Gasteiger partial charge in [-0.1, -0.05) is 58.4 Å². The highest BCUT2D eigenvalue weighted by Crippen LogP contribution is 2.70. The van der Waals surface area contributed by atoms with Crippen molar-refractivity contribution >= 4 is 23.6 Å². The van der Waals surface area contributed by atoms with Crippen LogP contribution in [0.5, 0.6) is 0 Å². The van der Waals surface area contributed by atoms with Crippen LogP contribution < -0.4 is 5.32 Å². The van der Waals surface area contributed by atoms with E-state index >= 15 is 0 Å². The minimum absolute atomic E-state index is 0.150. The van der Waals surface area contributed by atoms with E-state index in [0.717, 1.165) is 22.6 Å². The highest BCUT2D eigenvalue weighted by Gasteiger charge is 2.75. The van der Waals surface area contributed by atoms with Crippen LogP contribution in [0.25, 0.3) is 0 Å². The zero-order valence-electron chi connectivity index (χ0n) is 21.2. The molecule has 4 atom stereocenters. The molecule has 1 aliphatic heterocycles. The molecule has 2 N–H and O–H groups in total. The molecule has 1 unspecified atom stereocenters. The molecule has 4 saturated carbocycles. The Hall–Kier alpha value is -2.01. The number of nitrogens with zero attached hydrogens (tertiary/aromatic N) is 1. The number of benzene rings is 1. The highest BCUT2D eigenvalue weighted by atomic mass is 35.5. The van der Waals surface area contributed by atoms with Crippen molar-refractivity contribution in [2.75, 3.05) is 0 Å². The summed E-state index contributed by atoms with van der Waals surface area (Å²) in [7, 11) is 0. The van der Waals surface area contributed by atoms with E-state index in [4.69, 9.17) is 11.6 Å². The lowest BCUT2D eigenvalue weighted by Crippen LogP contribution is -2.78. The summed E-state index contributed by atoms with van der Waals surface area (Å²) in [6.07, 6.45) is 5.76. The second-order valence-electron chi connectivity index (χ2n) is 12.7. The van der Waals surface area contributed by atoms with Crippen LogP contribution in [0.2, 0.25) is 5.02 Å².